The summed E-state index contributed by atoms with van der Waals surface area (Å²) in [5.41, 5.74) is 0.360. The van der Waals surface area contributed by atoms with E-state index in [1.54, 1.807) is 13.0 Å². The minimum atomic E-state index is -0.577. The fraction of sp³-hybridized carbons (Fsp3) is 0.312. The zero-order chi connectivity index (χ0) is 15.6. The van der Waals surface area contributed by atoms with Gasteiger partial charge in [-0.25, -0.2) is 0 Å². The van der Waals surface area contributed by atoms with Crippen LogP contribution in [-0.4, -0.2) is 23.6 Å². The summed E-state index contributed by atoms with van der Waals surface area (Å²) in [7, 11) is 0. The smallest absolute Gasteiger partial charge is 0.317 e. The Morgan fingerprint density at radius 2 is 2.05 bits per heavy atom. The summed E-state index contributed by atoms with van der Waals surface area (Å²) in [6.07, 6.45) is 1.50. The first-order valence-corrected chi connectivity index (χ1v) is 7.06. The number of nitrogens with zero attached hydrogens (tertiary/aromatic N) is 1. The number of hydrogen-bond acceptors (Lipinski definition) is 5. The van der Waals surface area contributed by atoms with Gasteiger partial charge in [0.15, 0.2) is 12.4 Å². The van der Waals surface area contributed by atoms with Crippen molar-refractivity contribution >= 4 is 17.7 Å². The third-order valence-corrected chi connectivity index (χ3v) is 3.70. The summed E-state index contributed by atoms with van der Waals surface area (Å²) in [5.74, 6) is 0.103. The van der Waals surface area contributed by atoms with E-state index >= 15 is 0 Å². The van der Waals surface area contributed by atoms with E-state index in [1.807, 2.05) is 30.3 Å². The Hall–Kier alpha value is -2.63. The van der Waals surface area contributed by atoms with Crippen LogP contribution in [0.4, 0.5) is 5.82 Å². The van der Waals surface area contributed by atoms with Crippen molar-refractivity contribution in [2.45, 2.75) is 25.2 Å². The molecule has 6 nitrogen and oxygen atoms in total. The average Bonchev–Trinajstić information content (AvgIpc) is 3.24. The maximum absolute atomic E-state index is 12.3. The van der Waals surface area contributed by atoms with E-state index in [1.165, 1.54) is 0 Å². The Kier molecular flexibility index (Phi) is 3.66. The Morgan fingerprint density at radius 1 is 1.32 bits per heavy atom. The fourth-order valence-electron chi connectivity index (χ4n) is 2.37. The molecule has 0 aliphatic heterocycles. The average molecular weight is 300 g/mol. The van der Waals surface area contributed by atoms with Crippen molar-refractivity contribution in [3.8, 4) is 0 Å². The maximum atomic E-state index is 12.3. The minimum absolute atomic E-state index is 0.308. The van der Waals surface area contributed by atoms with Gasteiger partial charge in [-0.05, 0) is 25.3 Å². The second kappa shape index (κ2) is 5.63. The topological polar surface area (TPSA) is 81.4 Å². The highest BCUT2D eigenvalue weighted by Gasteiger charge is 2.52. The van der Waals surface area contributed by atoms with Crippen LogP contribution in [-0.2, 0) is 19.7 Å². The molecule has 1 aliphatic carbocycles. The summed E-state index contributed by atoms with van der Waals surface area (Å²) >= 11 is 0. The number of aryl methyl sites for hydroxylation is 1. The van der Waals surface area contributed by atoms with Crippen LogP contribution < -0.4 is 5.32 Å². The van der Waals surface area contributed by atoms with Crippen molar-refractivity contribution in [1.29, 1.82) is 0 Å². The highest BCUT2D eigenvalue weighted by molar-refractivity contribution is 5.93. The zero-order valence-corrected chi connectivity index (χ0v) is 12.2. The Bertz CT molecular complexity index is 689. The SMILES string of the molecule is Cc1cc(NC(=O)COC(=O)C2(c3ccccc3)CC2)no1. The minimum Gasteiger partial charge on any atom is -0.455 e. The van der Waals surface area contributed by atoms with Gasteiger partial charge in [-0.3, -0.25) is 9.59 Å². The molecule has 1 aromatic heterocycles. The predicted octanol–water partition coefficient (Wildman–Crippen LogP) is 2.20. The Labute approximate surface area is 127 Å². The number of esters is 1. The van der Waals surface area contributed by atoms with E-state index in [0.29, 0.717) is 11.6 Å². The van der Waals surface area contributed by atoms with Crippen LogP contribution in [0.25, 0.3) is 0 Å². The highest BCUT2D eigenvalue weighted by Crippen LogP contribution is 2.49. The number of amides is 1. The molecule has 2 aromatic rings. The van der Waals surface area contributed by atoms with Gasteiger partial charge in [0.2, 0.25) is 0 Å². The van der Waals surface area contributed by atoms with Gasteiger partial charge in [0, 0.05) is 6.07 Å². The van der Waals surface area contributed by atoms with E-state index in [4.69, 9.17) is 9.26 Å². The van der Waals surface area contributed by atoms with Crippen molar-refractivity contribution < 1.29 is 18.8 Å². The van der Waals surface area contributed by atoms with Crippen molar-refractivity contribution in [3.63, 3.8) is 0 Å². The van der Waals surface area contributed by atoms with Gasteiger partial charge in [-0.1, -0.05) is 35.5 Å². The first-order chi connectivity index (χ1) is 10.6. The first kappa shape index (κ1) is 14.3. The van der Waals surface area contributed by atoms with Crippen molar-refractivity contribution in [3.05, 3.63) is 47.7 Å². The van der Waals surface area contributed by atoms with Crippen molar-refractivity contribution in [1.82, 2.24) is 5.16 Å². The molecule has 1 aliphatic rings. The van der Waals surface area contributed by atoms with Gasteiger partial charge in [-0.15, -0.1) is 0 Å². The van der Waals surface area contributed by atoms with E-state index in [0.717, 1.165) is 18.4 Å². The number of ether oxygens (including phenoxy) is 1. The van der Waals surface area contributed by atoms with Gasteiger partial charge in [0.1, 0.15) is 5.76 Å². The summed E-state index contributed by atoms with van der Waals surface area (Å²) < 4.78 is 10.00. The number of nitrogens with one attached hydrogen (secondary N) is 1. The molecule has 22 heavy (non-hydrogen) atoms. The molecule has 1 amide bonds. The molecule has 1 saturated carbocycles. The summed E-state index contributed by atoms with van der Waals surface area (Å²) in [6.45, 7) is 1.39. The van der Waals surface area contributed by atoms with E-state index in [-0.39, 0.29) is 12.6 Å². The normalized spacial score (nSPS) is 15.1. The molecule has 1 fully saturated rings. The second-order valence-corrected chi connectivity index (χ2v) is 5.40. The lowest BCUT2D eigenvalue weighted by Gasteiger charge is -2.14. The molecule has 1 heterocycles. The number of carbonyl (C=O) groups is 2. The molecule has 0 radical (unpaired) electrons. The van der Waals surface area contributed by atoms with Crippen LogP contribution in [0.15, 0.2) is 40.9 Å². The van der Waals surface area contributed by atoms with Crippen LogP contribution in [0.1, 0.15) is 24.2 Å². The van der Waals surface area contributed by atoms with Crippen LogP contribution >= 0.6 is 0 Å². The Morgan fingerprint density at radius 3 is 2.64 bits per heavy atom. The number of hydrogen-bond donors (Lipinski definition) is 1. The summed E-state index contributed by atoms with van der Waals surface area (Å²) in [6, 6.07) is 11.1. The molecule has 0 bridgehead atoms. The molecular formula is C16H16N2O4. The second-order valence-electron chi connectivity index (χ2n) is 5.40. The lowest BCUT2D eigenvalue weighted by molar-refractivity contribution is -0.150. The van der Waals surface area contributed by atoms with E-state index < -0.39 is 11.3 Å². The monoisotopic (exact) mass is 300 g/mol. The lowest BCUT2D eigenvalue weighted by atomic mass is 9.96. The number of aromatic nitrogens is 1. The summed E-state index contributed by atoms with van der Waals surface area (Å²) in [4.78, 5) is 24.0. The largest absolute Gasteiger partial charge is 0.455 e. The first-order valence-electron chi connectivity index (χ1n) is 7.06. The third-order valence-electron chi connectivity index (χ3n) is 3.70. The van der Waals surface area contributed by atoms with Gasteiger partial charge in [-0.2, -0.15) is 0 Å². The lowest BCUT2D eigenvalue weighted by Crippen LogP contribution is -2.28. The van der Waals surface area contributed by atoms with E-state index in [9.17, 15) is 9.59 Å². The zero-order valence-electron chi connectivity index (χ0n) is 12.2. The molecular weight excluding hydrogens is 284 g/mol. The van der Waals surface area contributed by atoms with Crippen molar-refractivity contribution in [2.75, 3.05) is 11.9 Å². The number of anilines is 1. The van der Waals surface area contributed by atoms with Gasteiger partial charge >= 0.3 is 5.97 Å². The number of carbonyl (C=O) groups excluding carboxylic acids is 2. The van der Waals surface area contributed by atoms with Crippen LogP contribution in [0.5, 0.6) is 0 Å². The highest BCUT2D eigenvalue weighted by atomic mass is 16.5. The maximum Gasteiger partial charge on any atom is 0.317 e. The number of benzene rings is 1. The third kappa shape index (κ3) is 2.86. The van der Waals surface area contributed by atoms with Gasteiger partial charge in [0.25, 0.3) is 5.91 Å². The van der Waals surface area contributed by atoms with Gasteiger partial charge in [0.05, 0.1) is 5.41 Å². The molecule has 6 heteroatoms. The van der Waals surface area contributed by atoms with Crippen LogP contribution in [0.3, 0.4) is 0 Å². The van der Waals surface area contributed by atoms with Crippen molar-refractivity contribution in [2.24, 2.45) is 0 Å². The molecule has 0 atom stereocenters. The molecule has 114 valence electrons. The molecule has 0 unspecified atom stereocenters. The predicted molar refractivity (Wildman–Crippen MR) is 78.2 cm³/mol. The van der Waals surface area contributed by atoms with E-state index in [2.05, 4.69) is 10.5 Å². The van der Waals surface area contributed by atoms with Gasteiger partial charge < -0.3 is 14.6 Å². The molecule has 0 spiro atoms. The molecule has 1 aromatic carbocycles. The van der Waals surface area contributed by atoms with Crippen LogP contribution in [0.2, 0.25) is 0 Å². The fourth-order valence-corrected chi connectivity index (χ4v) is 2.37. The quantitative estimate of drug-likeness (QED) is 0.856. The Balaban J connectivity index is 1.55. The number of rotatable bonds is 5. The summed E-state index contributed by atoms with van der Waals surface area (Å²) in [5, 5.41) is 6.15. The molecule has 1 N–H and O–H groups in total. The molecule has 0 saturated heterocycles. The van der Waals surface area contributed by atoms with Crippen LogP contribution in [0, 0.1) is 6.92 Å². The standard InChI is InChI=1S/C16H16N2O4/c1-11-9-13(18-22-11)17-14(19)10-21-15(20)16(7-8-16)12-5-3-2-4-6-12/h2-6,9H,7-8,10H2,1H3,(H,17,18,19). The molecule has 3 rings (SSSR count).